The van der Waals surface area contributed by atoms with Crippen LogP contribution in [0.3, 0.4) is 0 Å². The number of H-pyrrole nitrogens is 1. The Hall–Kier alpha value is -2.63. The molecule has 1 aromatic carbocycles. The van der Waals surface area contributed by atoms with Gasteiger partial charge in [-0.1, -0.05) is 19.1 Å². The lowest BCUT2D eigenvalue weighted by Crippen LogP contribution is -2.11. The Morgan fingerprint density at radius 1 is 1.27 bits per heavy atom. The largest absolute Gasteiger partial charge is 0.493 e. The van der Waals surface area contributed by atoms with Crippen LogP contribution >= 0.6 is 0 Å². The Morgan fingerprint density at radius 2 is 2.09 bits per heavy atom. The summed E-state index contributed by atoms with van der Waals surface area (Å²) in [6.45, 7) is 5.27. The van der Waals surface area contributed by atoms with Crippen molar-refractivity contribution in [3.05, 3.63) is 40.8 Å². The van der Waals surface area contributed by atoms with E-state index in [1.165, 1.54) is 0 Å². The first-order chi connectivity index (χ1) is 10.7. The predicted molar refractivity (Wildman–Crippen MR) is 85.0 cm³/mol. The molecule has 114 valence electrons. The molecule has 0 saturated carbocycles. The molecule has 0 saturated heterocycles. The lowest BCUT2D eigenvalue weighted by atomic mass is 10.2. The van der Waals surface area contributed by atoms with Crippen LogP contribution in [0.15, 0.2) is 35.3 Å². The predicted octanol–water partition coefficient (Wildman–Crippen LogP) is 2.60. The molecule has 6 heteroatoms. The van der Waals surface area contributed by atoms with Crippen molar-refractivity contribution in [2.24, 2.45) is 0 Å². The van der Waals surface area contributed by atoms with Gasteiger partial charge in [0, 0.05) is 6.54 Å². The maximum Gasteiger partial charge on any atom is 0.262 e. The number of fused-ring (bicyclic) bond motifs is 1. The summed E-state index contributed by atoms with van der Waals surface area (Å²) in [5, 5.41) is 4.75. The van der Waals surface area contributed by atoms with Crippen LogP contribution in [0.5, 0.6) is 5.75 Å². The summed E-state index contributed by atoms with van der Waals surface area (Å²) < 4.78 is 7.38. The molecule has 0 atom stereocenters. The second-order valence-electron chi connectivity index (χ2n) is 4.95. The molecule has 3 aromatic rings. The summed E-state index contributed by atoms with van der Waals surface area (Å²) in [6, 6.07) is 7.54. The molecule has 1 N–H and O–H groups in total. The first-order valence-electron chi connectivity index (χ1n) is 7.42. The van der Waals surface area contributed by atoms with E-state index in [0.29, 0.717) is 29.2 Å². The molecule has 3 rings (SSSR count). The molecule has 22 heavy (non-hydrogen) atoms. The molecule has 0 unspecified atom stereocenters. The molecule has 2 heterocycles. The van der Waals surface area contributed by atoms with Gasteiger partial charge in [0.15, 0.2) is 5.65 Å². The van der Waals surface area contributed by atoms with Crippen molar-refractivity contribution in [2.75, 3.05) is 6.61 Å². The number of para-hydroxylation sites is 1. The Balaban J connectivity index is 2.19. The number of aromatic amines is 1. The third-order valence-electron chi connectivity index (χ3n) is 3.38. The van der Waals surface area contributed by atoms with Crippen LogP contribution in [-0.4, -0.2) is 26.4 Å². The van der Waals surface area contributed by atoms with Crippen molar-refractivity contribution in [1.82, 2.24) is 19.7 Å². The number of hydrogen-bond acceptors (Lipinski definition) is 4. The number of nitrogens with zero attached hydrogens (tertiary/aromatic N) is 3. The monoisotopic (exact) mass is 298 g/mol. The van der Waals surface area contributed by atoms with Gasteiger partial charge in [0.2, 0.25) is 0 Å². The van der Waals surface area contributed by atoms with Crippen molar-refractivity contribution in [3.63, 3.8) is 0 Å². The number of aromatic nitrogens is 4. The fraction of sp³-hybridized carbons (Fsp3) is 0.312. The average molecular weight is 298 g/mol. The van der Waals surface area contributed by atoms with Crippen molar-refractivity contribution in [3.8, 4) is 17.1 Å². The molecular formula is C16H18N4O2. The van der Waals surface area contributed by atoms with Gasteiger partial charge >= 0.3 is 0 Å². The number of hydrogen-bond donors (Lipinski definition) is 1. The second-order valence-corrected chi connectivity index (χ2v) is 4.95. The minimum atomic E-state index is -0.186. The zero-order valence-electron chi connectivity index (χ0n) is 12.7. The van der Waals surface area contributed by atoms with Crippen LogP contribution in [0.25, 0.3) is 22.4 Å². The van der Waals surface area contributed by atoms with E-state index >= 15 is 0 Å². The van der Waals surface area contributed by atoms with Gasteiger partial charge in [-0.25, -0.2) is 9.67 Å². The summed E-state index contributed by atoms with van der Waals surface area (Å²) >= 11 is 0. The molecule has 0 aliphatic heterocycles. The first-order valence-corrected chi connectivity index (χ1v) is 7.42. The number of ether oxygens (including phenoxy) is 1. The van der Waals surface area contributed by atoms with Crippen molar-refractivity contribution in [1.29, 1.82) is 0 Å². The average Bonchev–Trinajstić information content (AvgIpc) is 2.92. The standard InChI is InChI=1S/C16H18N4O2/c1-3-9-20-15-12(10-17-20)16(21)19-14(18-15)11-7-5-6-8-13(11)22-4-2/h5-8,10H,3-4,9H2,1-2H3,(H,18,19,21). The molecular weight excluding hydrogens is 280 g/mol. The quantitative estimate of drug-likeness (QED) is 0.786. The Morgan fingerprint density at radius 3 is 2.86 bits per heavy atom. The van der Waals surface area contributed by atoms with Gasteiger partial charge in [0.05, 0.1) is 18.4 Å². The third kappa shape index (κ3) is 2.47. The molecule has 6 nitrogen and oxygen atoms in total. The van der Waals surface area contributed by atoms with E-state index in [-0.39, 0.29) is 5.56 Å². The highest BCUT2D eigenvalue weighted by Gasteiger charge is 2.13. The van der Waals surface area contributed by atoms with Gasteiger partial charge in [0.1, 0.15) is 17.0 Å². The van der Waals surface area contributed by atoms with Gasteiger partial charge in [0.25, 0.3) is 5.56 Å². The summed E-state index contributed by atoms with van der Waals surface area (Å²) in [5.41, 5.74) is 1.19. The summed E-state index contributed by atoms with van der Waals surface area (Å²) in [7, 11) is 0. The normalized spacial score (nSPS) is 11.0. The van der Waals surface area contributed by atoms with Gasteiger partial charge in [-0.15, -0.1) is 0 Å². The zero-order chi connectivity index (χ0) is 15.5. The van der Waals surface area contributed by atoms with E-state index in [1.807, 2.05) is 31.2 Å². The molecule has 0 bridgehead atoms. The minimum Gasteiger partial charge on any atom is -0.493 e. The van der Waals surface area contributed by atoms with Crippen LogP contribution in [0.1, 0.15) is 20.3 Å². The Labute approximate surface area is 127 Å². The van der Waals surface area contributed by atoms with Crippen LogP contribution in [0, 0.1) is 0 Å². The fourth-order valence-electron chi connectivity index (χ4n) is 2.41. The van der Waals surface area contributed by atoms with Crippen LogP contribution in [-0.2, 0) is 6.54 Å². The lowest BCUT2D eigenvalue weighted by molar-refractivity contribution is 0.341. The van der Waals surface area contributed by atoms with Crippen molar-refractivity contribution in [2.45, 2.75) is 26.8 Å². The second kappa shape index (κ2) is 6.01. The van der Waals surface area contributed by atoms with Crippen molar-refractivity contribution < 1.29 is 4.74 Å². The van der Waals surface area contributed by atoms with Gasteiger partial charge < -0.3 is 9.72 Å². The molecule has 2 aromatic heterocycles. The fourth-order valence-corrected chi connectivity index (χ4v) is 2.41. The molecule has 0 amide bonds. The van der Waals surface area contributed by atoms with E-state index in [2.05, 4.69) is 22.0 Å². The van der Waals surface area contributed by atoms with E-state index < -0.39 is 0 Å². The molecule has 0 aliphatic carbocycles. The SMILES string of the molecule is CCCn1ncc2c(=O)[nH]c(-c3ccccc3OCC)nc21. The highest BCUT2D eigenvalue weighted by Crippen LogP contribution is 2.27. The summed E-state index contributed by atoms with van der Waals surface area (Å²) in [6.07, 6.45) is 2.49. The summed E-state index contributed by atoms with van der Waals surface area (Å²) in [4.78, 5) is 19.7. The maximum absolute atomic E-state index is 12.3. The highest BCUT2D eigenvalue weighted by atomic mass is 16.5. The van der Waals surface area contributed by atoms with E-state index in [1.54, 1.807) is 10.9 Å². The minimum absolute atomic E-state index is 0.186. The lowest BCUT2D eigenvalue weighted by Gasteiger charge is -2.09. The van der Waals surface area contributed by atoms with Crippen LogP contribution in [0.2, 0.25) is 0 Å². The zero-order valence-corrected chi connectivity index (χ0v) is 12.7. The van der Waals surface area contributed by atoms with Gasteiger partial charge in [-0.2, -0.15) is 5.10 Å². The van der Waals surface area contributed by atoms with E-state index in [4.69, 9.17) is 4.74 Å². The molecule has 0 fully saturated rings. The van der Waals surface area contributed by atoms with Crippen molar-refractivity contribution >= 4 is 11.0 Å². The molecule has 0 aliphatic rings. The van der Waals surface area contributed by atoms with E-state index in [0.717, 1.165) is 18.5 Å². The van der Waals surface area contributed by atoms with Crippen LogP contribution in [0.4, 0.5) is 0 Å². The summed E-state index contributed by atoms with van der Waals surface area (Å²) in [5.74, 6) is 1.20. The number of aryl methyl sites for hydroxylation is 1. The number of nitrogens with one attached hydrogen (secondary N) is 1. The third-order valence-corrected chi connectivity index (χ3v) is 3.38. The number of rotatable bonds is 5. The topological polar surface area (TPSA) is 72.8 Å². The van der Waals surface area contributed by atoms with Crippen LogP contribution < -0.4 is 10.3 Å². The first kappa shape index (κ1) is 14.3. The number of benzene rings is 1. The smallest absolute Gasteiger partial charge is 0.262 e. The Bertz CT molecular complexity index is 851. The highest BCUT2D eigenvalue weighted by molar-refractivity contribution is 5.76. The van der Waals surface area contributed by atoms with Gasteiger partial charge in [-0.3, -0.25) is 4.79 Å². The molecule has 0 spiro atoms. The van der Waals surface area contributed by atoms with E-state index in [9.17, 15) is 4.79 Å². The van der Waals surface area contributed by atoms with Gasteiger partial charge in [-0.05, 0) is 25.5 Å². The maximum atomic E-state index is 12.3. The Kier molecular flexibility index (Phi) is 3.91. The molecule has 0 radical (unpaired) electrons.